The molecule has 0 aliphatic rings. The molecule has 4 aromatic carbocycles. The monoisotopic (exact) mass is 820 g/mol. The first-order chi connectivity index (χ1) is 26.7. The van der Waals surface area contributed by atoms with E-state index in [1.165, 1.54) is 46.4 Å². The molecule has 12 nitrogen and oxygen atoms in total. The number of nitrogens with one attached hydrogen (secondary N) is 2. The van der Waals surface area contributed by atoms with Crippen LogP contribution < -0.4 is 9.97 Å². The maximum atomic E-state index is 10.4. The summed E-state index contributed by atoms with van der Waals surface area (Å²) in [6, 6.07) is 42.0. The summed E-state index contributed by atoms with van der Waals surface area (Å²) in [5.41, 5.74) is 13.6. The summed E-state index contributed by atoms with van der Waals surface area (Å²) >= 11 is 0. The van der Waals surface area contributed by atoms with Crippen LogP contribution in [0.3, 0.4) is 0 Å². The van der Waals surface area contributed by atoms with Gasteiger partial charge in [0.25, 0.3) is 0 Å². The van der Waals surface area contributed by atoms with Crippen LogP contribution >= 0.6 is 0 Å². The van der Waals surface area contributed by atoms with Gasteiger partial charge >= 0.3 is 0 Å². The summed E-state index contributed by atoms with van der Waals surface area (Å²) in [4.78, 5) is 6.14. The topological polar surface area (TPSA) is 216 Å². The van der Waals surface area contributed by atoms with E-state index >= 15 is 0 Å². The van der Waals surface area contributed by atoms with Crippen molar-refractivity contribution >= 4 is 31.3 Å². The fourth-order valence-corrected chi connectivity index (χ4v) is 6.98. The predicted octanol–water partition coefficient (Wildman–Crippen LogP) is 6.15. The Bertz CT molecular complexity index is 2590. The molecule has 0 atom stereocenters. The van der Waals surface area contributed by atoms with E-state index in [2.05, 4.69) is 118 Å². The maximum absolute atomic E-state index is 10.4. The summed E-state index contributed by atoms with van der Waals surface area (Å²) in [6.45, 7) is 7.89. The normalized spacial score (nSPS) is 10.9. The molecule has 0 radical (unpaired) electrons. The van der Waals surface area contributed by atoms with Crippen molar-refractivity contribution in [1.82, 2.24) is 9.13 Å². The van der Waals surface area contributed by atoms with Crippen LogP contribution in [-0.2, 0) is 20.2 Å². The van der Waals surface area contributed by atoms with Crippen LogP contribution in [0.1, 0.15) is 22.3 Å². The second-order valence-electron chi connectivity index (χ2n) is 13.3. The van der Waals surface area contributed by atoms with E-state index < -0.39 is 20.2 Å². The summed E-state index contributed by atoms with van der Waals surface area (Å²) < 4.78 is 67.1. The van der Waals surface area contributed by atoms with E-state index in [9.17, 15) is 25.9 Å². The van der Waals surface area contributed by atoms with Crippen molar-refractivity contribution in [3.8, 4) is 33.9 Å². The minimum Gasteiger partial charge on any atom is -0.744 e. The van der Waals surface area contributed by atoms with E-state index in [4.69, 9.17) is 0 Å². The van der Waals surface area contributed by atoms with Gasteiger partial charge in [-0.3, -0.25) is 0 Å². The first-order valence-electron chi connectivity index (χ1n) is 17.6. The van der Waals surface area contributed by atoms with Crippen molar-refractivity contribution in [3.63, 3.8) is 0 Å². The first-order valence-corrected chi connectivity index (χ1v) is 20.4. The smallest absolute Gasteiger partial charge is 0.176 e. The van der Waals surface area contributed by atoms with Gasteiger partial charge in [0.15, 0.2) is 24.8 Å². The van der Waals surface area contributed by atoms with E-state index in [-0.39, 0.29) is 20.7 Å². The Labute approximate surface area is 337 Å². The number of fused-ring (bicyclic) bond motifs is 1. The summed E-state index contributed by atoms with van der Waals surface area (Å²) in [6.07, 6.45) is 8.00. The summed E-state index contributed by atoms with van der Waals surface area (Å²) in [5.74, 6) is 0. The molecule has 0 saturated heterocycles. The van der Waals surface area contributed by atoms with Crippen molar-refractivity contribution in [2.45, 2.75) is 37.5 Å². The first kappa shape index (κ1) is 44.5. The third-order valence-electron chi connectivity index (χ3n) is 8.98. The summed E-state index contributed by atoms with van der Waals surface area (Å²) in [7, 11) is -8.54. The molecule has 14 heteroatoms. The van der Waals surface area contributed by atoms with Crippen molar-refractivity contribution in [1.29, 1.82) is 0 Å². The minimum absolute atomic E-state index is 0. The lowest BCUT2D eigenvalue weighted by Gasteiger charge is -2.11. The molecule has 0 amide bonds. The van der Waals surface area contributed by atoms with E-state index in [1.807, 2.05) is 38.4 Å². The van der Waals surface area contributed by atoms with Gasteiger partial charge in [-0.05, 0) is 100 Å². The highest BCUT2D eigenvalue weighted by molar-refractivity contribution is 7.86. The molecule has 6 N–H and O–H groups in total. The lowest BCUT2D eigenvalue weighted by molar-refractivity contribution is -0.377. The van der Waals surface area contributed by atoms with Crippen LogP contribution in [0.4, 0.5) is 0 Å². The molecule has 0 aliphatic carbocycles. The predicted molar refractivity (Wildman–Crippen MR) is 222 cm³/mol. The van der Waals surface area contributed by atoms with Gasteiger partial charge in [-0.25, -0.2) is 26.8 Å². The summed E-state index contributed by atoms with van der Waals surface area (Å²) in [5, 5.41) is 0. The quantitative estimate of drug-likeness (QED) is 0.179. The lowest BCUT2D eigenvalue weighted by Crippen LogP contribution is -2.02. The highest BCUT2D eigenvalue weighted by Crippen LogP contribution is 2.38. The molecule has 4 aromatic heterocycles. The number of hydrogen-bond acceptors (Lipinski definition) is 6. The molecule has 0 saturated carbocycles. The second kappa shape index (κ2) is 18.8. The van der Waals surface area contributed by atoms with Gasteiger partial charge in [0.05, 0.1) is 43.3 Å². The largest absolute Gasteiger partial charge is 0.744 e. The van der Waals surface area contributed by atoms with Crippen molar-refractivity contribution in [3.05, 3.63) is 181 Å². The van der Waals surface area contributed by atoms with Gasteiger partial charge in [-0.1, -0.05) is 70.8 Å². The average molecular weight is 821 g/mol. The van der Waals surface area contributed by atoms with Crippen LogP contribution in [0.2, 0.25) is 0 Å². The molecule has 4 heterocycles. The number of nitrogens with zero attached hydrogens (tertiary/aromatic N) is 2. The molecule has 8 aromatic rings. The molecular formula is C44H44N4O8S2. The van der Waals surface area contributed by atoms with Crippen molar-refractivity contribution in [2.24, 2.45) is 0 Å². The zero-order valence-electron chi connectivity index (χ0n) is 32.2. The van der Waals surface area contributed by atoms with Crippen molar-refractivity contribution < 1.29 is 46.9 Å². The molecule has 0 fully saturated rings. The van der Waals surface area contributed by atoms with Crippen LogP contribution in [0.15, 0.2) is 168 Å². The zero-order valence-corrected chi connectivity index (χ0v) is 33.8. The third kappa shape index (κ3) is 10.6. The maximum Gasteiger partial charge on any atom is 0.176 e. The number of H-pyrrole nitrogens is 2. The molecule has 0 bridgehead atoms. The fraction of sp³-hybridized carbons (Fsp3) is 0.0909. The van der Waals surface area contributed by atoms with Crippen molar-refractivity contribution in [2.75, 3.05) is 0 Å². The van der Waals surface area contributed by atoms with Crippen LogP contribution in [0.25, 0.3) is 44.9 Å². The Morgan fingerprint density at radius 2 is 0.741 bits per heavy atom. The second-order valence-corrected chi connectivity index (χ2v) is 16.0. The van der Waals surface area contributed by atoms with E-state index in [1.54, 1.807) is 24.3 Å². The minimum atomic E-state index is -4.27. The Balaban J connectivity index is 0.000000255. The van der Waals surface area contributed by atoms with Gasteiger partial charge in [0.1, 0.15) is 20.2 Å². The van der Waals surface area contributed by atoms with Crippen LogP contribution in [0.5, 0.6) is 0 Å². The third-order valence-corrected chi connectivity index (χ3v) is 10.7. The Morgan fingerprint density at radius 3 is 1.00 bits per heavy atom. The van der Waals surface area contributed by atoms with Gasteiger partial charge in [-0.2, -0.15) is 0 Å². The number of hydrogen-bond donors (Lipinski definition) is 0. The number of rotatable bonds is 6. The lowest BCUT2D eigenvalue weighted by atomic mass is 10.1. The van der Waals surface area contributed by atoms with Gasteiger partial charge in [0, 0.05) is 23.5 Å². The highest BCUT2D eigenvalue weighted by atomic mass is 32.2. The molecule has 300 valence electrons. The Morgan fingerprint density at radius 1 is 0.448 bits per heavy atom. The number of aromatic nitrogens is 4. The average Bonchev–Trinajstić information content (AvgIpc) is 3.73. The molecule has 0 aliphatic heterocycles. The number of benzene rings is 4. The van der Waals surface area contributed by atoms with Gasteiger partial charge in [0.2, 0.25) is 0 Å². The molecule has 0 spiro atoms. The number of aryl methyl sites for hydroxylation is 4. The Hall–Kier alpha value is -6.26. The van der Waals surface area contributed by atoms with Gasteiger partial charge in [-0.15, -0.1) is 0 Å². The number of aromatic amines is 2. The molecule has 0 unspecified atom stereocenters. The fourth-order valence-electron chi connectivity index (χ4n) is 6.04. The highest BCUT2D eigenvalue weighted by Gasteiger charge is 2.22. The molecule has 8 rings (SSSR count). The van der Waals surface area contributed by atoms with Gasteiger partial charge < -0.3 is 29.2 Å². The van der Waals surface area contributed by atoms with Crippen LogP contribution in [0, 0.1) is 27.7 Å². The number of pyridine rings is 2. The Kier molecular flexibility index (Phi) is 14.4. The van der Waals surface area contributed by atoms with E-state index in [0.717, 1.165) is 45.0 Å². The standard InChI is InChI=1S/C30H24N4.2C7H8O3S.2H2O/c1-21-7-11-25(12-8-21)33-27(23-5-3-15-31-19-23)17-30-29(33)18-28(24-6-4-16-32-20-24)34(30)26-13-9-22(2)10-14-26;2*1-6-2-4-7(5-3-6)11(8,9)10;;/h3-20H,1-2H3;2*2-5H,1H3,(H,8,9,10);2*1H2. The van der Waals surface area contributed by atoms with Crippen LogP contribution in [-0.4, -0.2) is 46.0 Å². The molecule has 58 heavy (non-hydrogen) atoms. The zero-order chi connectivity index (χ0) is 40.0. The SMILES string of the molecule is Cc1ccc(-n2c(-c3ccc[nH+]c3)cc3c2cc(-c2ccc[nH+]c2)n3-c2ccc(C)cc2)cc1.Cc1ccc(S(=O)(=O)[O-])cc1.Cc1ccc(S(=O)(=O)[O-])cc1.O.O. The van der Waals surface area contributed by atoms with E-state index in [0.29, 0.717) is 0 Å². The molecular weight excluding hydrogens is 777 g/mol.